The molecular weight excluding hydrogens is 182 g/mol. The van der Waals surface area contributed by atoms with E-state index in [0.717, 1.165) is 11.7 Å². The van der Waals surface area contributed by atoms with E-state index in [1.54, 1.807) is 6.20 Å². The van der Waals surface area contributed by atoms with Crippen molar-refractivity contribution < 1.29 is 0 Å². The highest BCUT2D eigenvalue weighted by Crippen LogP contribution is 2.40. The number of nitrogens with two attached hydrogens (primary N) is 1. The monoisotopic (exact) mass is 193 g/mol. The van der Waals surface area contributed by atoms with Crippen LogP contribution in [0.3, 0.4) is 0 Å². The van der Waals surface area contributed by atoms with E-state index in [-0.39, 0.29) is 5.11 Å². The Morgan fingerprint density at radius 2 is 2.38 bits per heavy atom. The molecule has 1 fully saturated rings. The summed E-state index contributed by atoms with van der Waals surface area (Å²) in [4.78, 5) is 4.11. The van der Waals surface area contributed by atoms with Gasteiger partial charge < -0.3 is 11.1 Å². The fourth-order valence-electron chi connectivity index (χ4n) is 1.31. The molecule has 0 atom stereocenters. The number of nitrogens with one attached hydrogen (secondary N) is 1. The zero-order valence-electron chi connectivity index (χ0n) is 7.16. The summed E-state index contributed by atoms with van der Waals surface area (Å²) in [5.74, 6) is 1.48. The lowest BCUT2D eigenvalue weighted by atomic mass is 10.2. The molecule has 1 aliphatic rings. The van der Waals surface area contributed by atoms with Crippen molar-refractivity contribution in [1.29, 1.82) is 0 Å². The minimum absolute atomic E-state index is 0.264. The van der Waals surface area contributed by atoms with Crippen LogP contribution < -0.4 is 11.1 Å². The molecule has 0 unspecified atom stereocenters. The van der Waals surface area contributed by atoms with Gasteiger partial charge in [0, 0.05) is 6.20 Å². The normalized spacial score (nSPS) is 15.4. The van der Waals surface area contributed by atoms with Gasteiger partial charge in [-0.25, -0.2) is 4.98 Å². The van der Waals surface area contributed by atoms with Crippen molar-refractivity contribution in [2.75, 3.05) is 5.32 Å². The molecule has 3 N–H and O–H groups in total. The van der Waals surface area contributed by atoms with Crippen molar-refractivity contribution >= 4 is 23.1 Å². The summed E-state index contributed by atoms with van der Waals surface area (Å²) in [6.07, 6.45) is 4.36. The number of rotatable bonds is 2. The molecule has 0 radical (unpaired) electrons. The molecule has 0 aromatic carbocycles. The summed E-state index contributed by atoms with van der Waals surface area (Å²) in [5, 5.41) is 3.09. The Morgan fingerprint density at radius 3 is 3.00 bits per heavy atom. The third-order valence-corrected chi connectivity index (χ3v) is 2.19. The molecule has 4 heteroatoms. The molecule has 68 valence electrons. The van der Waals surface area contributed by atoms with Crippen molar-refractivity contribution in [3.8, 4) is 0 Å². The minimum atomic E-state index is 0.264. The van der Waals surface area contributed by atoms with Crippen LogP contribution in [-0.4, -0.2) is 10.1 Å². The second-order valence-corrected chi connectivity index (χ2v) is 3.68. The zero-order valence-corrected chi connectivity index (χ0v) is 7.97. The molecule has 0 spiro atoms. The Bertz CT molecular complexity index is 333. The summed E-state index contributed by atoms with van der Waals surface area (Å²) >= 11 is 4.73. The van der Waals surface area contributed by atoms with E-state index in [2.05, 4.69) is 10.3 Å². The number of pyridine rings is 1. The second-order valence-electron chi connectivity index (χ2n) is 3.24. The summed E-state index contributed by atoms with van der Waals surface area (Å²) in [6, 6.07) is 4.05. The average molecular weight is 193 g/mol. The van der Waals surface area contributed by atoms with Gasteiger partial charge in [0.1, 0.15) is 5.82 Å². The molecule has 0 amide bonds. The van der Waals surface area contributed by atoms with E-state index >= 15 is 0 Å². The Hall–Kier alpha value is -1.16. The van der Waals surface area contributed by atoms with Gasteiger partial charge in [-0.3, -0.25) is 0 Å². The first-order chi connectivity index (χ1) is 6.25. The molecule has 0 saturated heterocycles. The maximum atomic E-state index is 5.35. The Kier molecular flexibility index (Phi) is 2.14. The third kappa shape index (κ3) is 2.15. The van der Waals surface area contributed by atoms with Crippen LogP contribution in [0, 0.1) is 0 Å². The molecule has 3 nitrogen and oxygen atoms in total. The van der Waals surface area contributed by atoms with Crippen LogP contribution in [-0.2, 0) is 0 Å². The summed E-state index contributed by atoms with van der Waals surface area (Å²) in [5.41, 5.74) is 6.67. The molecule has 0 aliphatic heterocycles. The highest BCUT2D eigenvalue weighted by molar-refractivity contribution is 7.80. The van der Waals surface area contributed by atoms with E-state index in [4.69, 9.17) is 18.0 Å². The standard InChI is InChI=1S/C9H11N3S/c10-9(13)12-8-5-7(3-4-11-8)6-1-2-6/h3-6H,1-2H2,(H3,10,11,12,13). The topological polar surface area (TPSA) is 50.9 Å². The number of hydrogen-bond acceptors (Lipinski definition) is 2. The average Bonchev–Trinajstić information content (AvgIpc) is 2.85. The lowest BCUT2D eigenvalue weighted by Gasteiger charge is -2.04. The van der Waals surface area contributed by atoms with Crippen molar-refractivity contribution in [3.63, 3.8) is 0 Å². The van der Waals surface area contributed by atoms with Crippen LogP contribution >= 0.6 is 12.2 Å². The highest BCUT2D eigenvalue weighted by Gasteiger charge is 2.23. The molecule has 13 heavy (non-hydrogen) atoms. The van der Waals surface area contributed by atoms with E-state index in [1.807, 2.05) is 12.1 Å². The Morgan fingerprint density at radius 1 is 1.62 bits per heavy atom. The van der Waals surface area contributed by atoms with Gasteiger partial charge in [-0.05, 0) is 48.7 Å². The fourth-order valence-corrected chi connectivity index (χ4v) is 1.42. The first-order valence-electron chi connectivity index (χ1n) is 4.28. The van der Waals surface area contributed by atoms with Crippen molar-refractivity contribution in [1.82, 2.24) is 4.98 Å². The fraction of sp³-hybridized carbons (Fsp3) is 0.333. The maximum Gasteiger partial charge on any atom is 0.169 e. The largest absolute Gasteiger partial charge is 0.376 e. The van der Waals surface area contributed by atoms with Gasteiger partial charge in [0.05, 0.1) is 0 Å². The Labute approximate surface area is 82.4 Å². The van der Waals surface area contributed by atoms with Crippen molar-refractivity contribution in [2.45, 2.75) is 18.8 Å². The van der Waals surface area contributed by atoms with Crippen LogP contribution in [0.2, 0.25) is 0 Å². The van der Waals surface area contributed by atoms with E-state index in [9.17, 15) is 0 Å². The smallest absolute Gasteiger partial charge is 0.169 e. The van der Waals surface area contributed by atoms with Crippen LogP contribution in [0.25, 0.3) is 0 Å². The maximum absolute atomic E-state index is 5.35. The summed E-state index contributed by atoms with van der Waals surface area (Å²) in [7, 11) is 0. The number of aromatic nitrogens is 1. The molecular formula is C9H11N3S. The third-order valence-electron chi connectivity index (χ3n) is 2.08. The van der Waals surface area contributed by atoms with Gasteiger partial charge in [-0.2, -0.15) is 0 Å². The second kappa shape index (κ2) is 3.30. The lowest BCUT2D eigenvalue weighted by Crippen LogP contribution is -2.19. The number of thiocarbonyl (C=S) groups is 1. The van der Waals surface area contributed by atoms with Gasteiger partial charge in [-0.15, -0.1) is 0 Å². The van der Waals surface area contributed by atoms with Gasteiger partial charge in [0.2, 0.25) is 0 Å². The minimum Gasteiger partial charge on any atom is -0.376 e. The first kappa shape index (κ1) is 8.44. The summed E-state index contributed by atoms with van der Waals surface area (Å²) in [6.45, 7) is 0. The van der Waals surface area contributed by atoms with E-state index in [1.165, 1.54) is 18.4 Å². The summed E-state index contributed by atoms with van der Waals surface area (Å²) < 4.78 is 0. The van der Waals surface area contributed by atoms with E-state index < -0.39 is 0 Å². The molecule has 0 bridgehead atoms. The predicted molar refractivity (Wildman–Crippen MR) is 56.6 cm³/mol. The quantitative estimate of drug-likeness (QED) is 0.701. The molecule has 1 heterocycles. The number of anilines is 1. The molecule has 1 saturated carbocycles. The van der Waals surface area contributed by atoms with Gasteiger partial charge in [0.15, 0.2) is 5.11 Å². The first-order valence-corrected chi connectivity index (χ1v) is 4.69. The van der Waals surface area contributed by atoms with E-state index in [0.29, 0.717) is 0 Å². The number of nitrogens with zero attached hydrogens (tertiary/aromatic N) is 1. The van der Waals surface area contributed by atoms with Crippen molar-refractivity contribution in [2.24, 2.45) is 5.73 Å². The van der Waals surface area contributed by atoms with Crippen LogP contribution in [0.15, 0.2) is 18.3 Å². The van der Waals surface area contributed by atoms with Gasteiger partial charge >= 0.3 is 0 Å². The molecule has 2 rings (SSSR count). The highest BCUT2D eigenvalue weighted by atomic mass is 32.1. The molecule has 1 aromatic rings. The SMILES string of the molecule is NC(=S)Nc1cc(C2CC2)ccn1. The number of hydrogen-bond donors (Lipinski definition) is 2. The van der Waals surface area contributed by atoms with Gasteiger partial charge in [0.25, 0.3) is 0 Å². The molecule has 1 aliphatic carbocycles. The molecule has 1 aromatic heterocycles. The van der Waals surface area contributed by atoms with Crippen LogP contribution in [0.5, 0.6) is 0 Å². The van der Waals surface area contributed by atoms with Crippen LogP contribution in [0.4, 0.5) is 5.82 Å². The van der Waals surface area contributed by atoms with Gasteiger partial charge in [-0.1, -0.05) is 0 Å². The van der Waals surface area contributed by atoms with Crippen LogP contribution in [0.1, 0.15) is 24.3 Å². The lowest BCUT2D eigenvalue weighted by molar-refractivity contribution is 1.11. The predicted octanol–water partition coefficient (Wildman–Crippen LogP) is 1.61. The van der Waals surface area contributed by atoms with Crippen molar-refractivity contribution in [3.05, 3.63) is 23.9 Å². The Balaban J connectivity index is 2.16. The zero-order chi connectivity index (χ0) is 9.26.